The fourth-order valence-corrected chi connectivity index (χ4v) is 3.63. The van der Waals surface area contributed by atoms with Gasteiger partial charge in [0, 0.05) is 18.7 Å². The lowest BCUT2D eigenvalue weighted by Crippen LogP contribution is -2.53. The normalized spacial score (nSPS) is 26.4. The van der Waals surface area contributed by atoms with E-state index < -0.39 is 23.6 Å². The number of carbonyl (C=O) groups excluding carboxylic acids is 2. The Morgan fingerprint density at radius 2 is 2.07 bits per heavy atom. The van der Waals surface area contributed by atoms with Crippen LogP contribution in [0.1, 0.15) is 41.0 Å². The average Bonchev–Trinajstić information content (AvgIpc) is 3.20. The first-order chi connectivity index (χ1) is 12.6. The van der Waals surface area contributed by atoms with Gasteiger partial charge < -0.3 is 19.7 Å². The molecule has 27 heavy (non-hydrogen) atoms. The molecule has 152 valence electrons. The summed E-state index contributed by atoms with van der Waals surface area (Å²) < 4.78 is 11.0. The summed E-state index contributed by atoms with van der Waals surface area (Å²) in [6.45, 7) is 9.68. The Morgan fingerprint density at radius 1 is 1.41 bits per heavy atom. The molecule has 7 heteroatoms. The maximum absolute atomic E-state index is 12.4. The molecule has 2 rings (SSSR count). The number of rotatable bonds is 7. The third kappa shape index (κ3) is 4.25. The van der Waals surface area contributed by atoms with Crippen molar-refractivity contribution in [3.05, 3.63) is 23.3 Å². The first kappa shape index (κ1) is 21.6. The highest BCUT2D eigenvalue weighted by Gasteiger charge is 2.47. The molecule has 0 saturated carbocycles. The van der Waals surface area contributed by atoms with Gasteiger partial charge in [0.15, 0.2) is 5.60 Å². The van der Waals surface area contributed by atoms with Gasteiger partial charge in [-0.05, 0) is 38.7 Å². The molecule has 7 nitrogen and oxygen atoms in total. The summed E-state index contributed by atoms with van der Waals surface area (Å²) in [5.74, 6) is -1.68. The molecule has 0 aromatic carbocycles. The van der Waals surface area contributed by atoms with Crippen molar-refractivity contribution in [2.75, 3.05) is 19.7 Å². The minimum absolute atomic E-state index is 0.00159. The standard InChI is InChI=1S/C20H31NO6/c1-6-13(4)18(23)27-16-8-10-21-9-7-15(17(16)21)11-26-19(24)20(25,12(2)3)14(5)22/h6-7,12,14,16-17,22,25H,8-11H2,1-5H3/b13-6-/t14-,16-,17+,20-/m0/s1. The third-order valence-electron chi connectivity index (χ3n) is 5.64. The second kappa shape index (κ2) is 8.54. The fourth-order valence-electron chi connectivity index (χ4n) is 3.63. The zero-order valence-electron chi connectivity index (χ0n) is 16.8. The van der Waals surface area contributed by atoms with Crippen molar-refractivity contribution < 1.29 is 29.3 Å². The van der Waals surface area contributed by atoms with E-state index in [4.69, 9.17) is 9.47 Å². The van der Waals surface area contributed by atoms with Crippen LogP contribution in [0.15, 0.2) is 23.3 Å². The maximum atomic E-state index is 12.4. The number of ether oxygens (including phenoxy) is 2. The van der Waals surface area contributed by atoms with Crippen LogP contribution in [0, 0.1) is 5.92 Å². The van der Waals surface area contributed by atoms with Crippen molar-refractivity contribution in [3.63, 3.8) is 0 Å². The van der Waals surface area contributed by atoms with Crippen molar-refractivity contribution in [1.29, 1.82) is 0 Å². The van der Waals surface area contributed by atoms with Gasteiger partial charge in [0.2, 0.25) is 0 Å². The number of hydrogen-bond donors (Lipinski definition) is 2. The second-order valence-corrected chi connectivity index (χ2v) is 7.66. The molecule has 2 heterocycles. The molecule has 0 bridgehead atoms. The van der Waals surface area contributed by atoms with Crippen LogP contribution < -0.4 is 0 Å². The first-order valence-electron chi connectivity index (χ1n) is 9.47. The molecule has 0 aliphatic carbocycles. The molecule has 1 saturated heterocycles. The zero-order chi connectivity index (χ0) is 20.4. The van der Waals surface area contributed by atoms with Crippen molar-refractivity contribution in [2.45, 2.75) is 64.9 Å². The Hall–Kier alpha value is -1.70. The van der Waals surface area contributed by atoms with Crippen LogP contribution in [0.4, 0.5) is 0 Å². The lowest BCUT2D eigenvalue weighted by atomic mass is 9.85. The monoisotopic (exact) mass is 381 g/mol. The highest BCUT2D eigenvalue weighted by Crippen LogP contribution is 2.32. The van der Waals surface area contributed by atoms with E-state index in [-0.39, 0.29) is 24.7 Å². The minimum Gasteiger partial charge on any atom is -0.459 e. The smallest absolute Gasteiger partial charge is 0.341 e. The number of allylic oxidation sites excluding steroid dienone is 1. The SMILES string of the molecule is C/C=C(/C)C(=O)O[C@H]1CCN2CC=C(COC(=O)[C@](O)(C(C)C)[C@H](C)O)[C@H]12. The van der Waals surface area contributed by atoms with E-state index in [2.05, 4.69) is 4.90 Å². The Labute approximate surface area is 160 Å². The predicted octanol–water partition coefficient (Wildman–Crippen LogP) is 1.19. The predicted molar refractivity (Wildman–Crippen MR) is 99.8 cm³/mol. The van der Waals surface area contributed by atoms with E-state index in [0.717, 1.165) is 18.5 Å². The molecular weight excluding hydrogens is 350 g/mol. The quantitative estimate of drug-likeness (QED) is 0.388. The van der Waals surface area contributed by atoms with E-state index in [0.29, 0.717) is 12.1 Å². The van der Waals surface area contributed by atoms with Crippen LogP contribution >= 0.6 is 0 Å². The second-order valence-electron chi connectivity index (χ2n) is 7.66. The Bertz CT molecular complexity index is 628. The van der Waals surface area contributed by atoms with Gasteiger partial charge in [-0.3, -0.25) is 4.90 Å². The Balaban J connectivity index is 2.03. The number of carbonyl (C=O) groups is 2. The highest BCUT2D eigenvalue weighted by atomic mass is 16.6. The van der Waals surface area contributed by atoms with Crippen LogP contribution in [0.25, 0.3) is 0 Å². The number of aliphatic hydroxyl groups excluding tert-OH is 1. The van der Waals surface area contributed by atoms with E-state index >= 15 is 0 Å². The molecule has 0 unspecified atom stereocenters. The van der Waals surface area contributed by atoms with Gasteiger partial charge >= 0.3 is 11.9 Å². The van der Waals surface area contributed by atoms with E-state index in [1.165, 1.54) is 6.92 Å². The summed E-state index contributed by atoms with van der Waals surface area (Å²) in [4.78, 5) is 26.7. The van der Waals surface area contributed by atoms with Crippen molar-refractivity contribution in [1.82, 2.24) is 4.90 Å². The Morgan fingerprint density at radius 3 is 2.63 bits per heavy atom. The fraction of sp³-hybridized carbons (Fsp3) is 0.700. The van der Waals surface area contributed by atoms with E-state index in [1.54, 1.807) is 33.8 Å². The van der Waals surface area contributed by atoms with E-state index in [9.17, 15) is 19.8 Å². The number of hydrogen-bond acceptors (Lipinski definition) is 7. The molecule has 0 amide bonds. The maximum Gasteiger partial charge on any atom is 0.341 e. The lowest BCUT2D eigenvalue weighted by Gasteiger charge is -2.32. The zero-order valence-corrected chi connectivity index (χ0v) is 16.8. The van der Waals surface area contributed by atoms with Crippen molar-refractivity contribution in [3.8, 4) is 0 Å². The number of fused-ring (bicyclic) bond motifs is 1. The third-order valence-corrected chi connectivity index (χ3v) is 5.64. The van der Waals surface area contributed by atoms with Crippen molar-refractivity contribution in [2.24, 2.45) is 5.92 Å². The molecule has 0 radical (unpaired) electrons. The average molecular weight is 381 g/mol. The Kier molecular flexibility index (Phi) is 6.83. The summed E-state index contributed by atoms with van der Waals surface area (Å²) in [5.41, 5.74) is -0.542. The van der Waals surface area contributed by atoms with Gasteiger partial charge in [0.05, 0.1) is 12.1 Å². The molecule has 0 spiro atoms. The summed E-state index contributed by atoms with van der Waals surface area (Å²) in [5, 5.41) is 20.4. The minimum atomic E-state index is -1.95. The molecule has 2 aliphatic heterocycles. The van der Waals surface area contributed by atoms with Crippen LogP contribution in [0.3, 0.4) is 0 Å². The summed E-state index contributed by atoms with van der Waals surface area (Å²) >= 11 is 0. The highest BCUT2D eigenvalue weighted by molar-refractivity contribution is 5.87. The van der Waals surface area contributed by atoms with Crippen LogP contribution in [0.5, 0.6) is 0 Å². The van der Waals surface area contributed by atoms with Gasteiger partial charge in [-0.25, -0.2) is 9.59 Å². The number of nitrogens with zero attached hydrogens (tertiary/aromatic N) is 1. The van der Waals surface area contributed by atoms with Crippen LogP contribution in [-0.4, -0.2) is 70.6 Å². The molecule has 0 aromatic rings. The van der Waals surface area contributed by atoms with Gasteiger partial charge in [0.1, 0.15) is 12.7 Å². The lowest BCUT2D eigenvalue weighted by molar-refractivity contribution is -0.183. The summed E-state index contributed by atoms with van der Waals surface area (Å²) in [6, 6.07) is -0.120. The van der Waals surface area contributed by atoms with Gasteiger partial charge in [-0.2, -0.15) is 0 Å². The van der Waals surface area contributed by atoms with Crippen LogP contribution in [-0.2, 0) is 19.1 Å². The topological polar surface area (TPSA) is 96.3 Å². The molecule has 1 fully saturated rings. The van der Waals surface area contributed by atoms with E-state index in [1.807, 2.05) is 6.08 Å². The first-order valence-corrected chi connectivity index (χ1v) is 9.47. The van der Waals surface area contributed by atoms with Gasteiger partial charge in [-0.15, -0.1) is 0 Å². The largest absolute Gasteiger partial charge is 0.459 e. The summed E-state index contributed by atoms with van der Waals surface area (Å²) in [7, 11) is 0. The molecule has 0 aromatic heterocycles. The van der Waals surface area contributed by atoms with Gasteiger partial charge in [0.25, 0.3) is 0 Å². The van der Waals surface area contributed by atoms with Crippen molar-refractivity contribution >= 4 is 11.9 Å². The molecule has 2 aliphatic rings. The molecule has 4 atom stereocenters. The number of esters is 2. The summed E-state index contributed by atoms with van der Waals surface area (Å²) in [6.07, 6.45) is 2.87. The molecule has 2 N–H and O–H groups in total. The van der Waals surface area contributed by atoms with Gasteiger partial charge in [-0.1, -0.05) is 26.0 Å². The number of aliphatic hydroxyl groups is 2. The molecular formula is C20H31NO6. The van der Waals surface area contributed by atoms with Crippen LogP contribution in [0.2, 0.25) is 0 Å².